The van der Waals surface area contributed by atoms with Gasteiger partial charge in [-0.05, 0) is 12.1 Å². The van der Waals surface area contributed by atoms with Crippen molar-refractivity contribution in [1.82, 2.24) is 4.40 Å². The molecule has 0 aromatic carbocycles. The summed E-state index contributed by atoms with van der Waals surface area (Å²) in [6.45, 7) is 13.5. The maximum absolute atomic E-state index is 4.79. The molecule has 20 heavy (non-hydrogen) atoms. The Kier molecular flexibility index (Phi) is 4.49. The molecule has 2 aromatic rings. The van der Waals surface area contributed by atoms with Crippen LogP contribution in [0.2, 0.25) is 0 Å². The third kappa shape index (κ3) is 3.71. The second-order valence-electron chi connectivity index (χ2n) is 6.87. The fraction of sp³-hybridized carbons (Fsp3) is 0.500. The highest BCUT2D eigenvalue weighted by Crippen LogP contribution is 2.47. The van der Waals surface area contributed by atoms with E-state index in [4.69, 9.17) is 12.6 Å². The molecule has 0 aliphatic carbocycles. The average molecular weight is 326 g/mol. The van der Waals surface area contributed by atoms with Crippen LogP contribution in [0.4, 0.5) is 0 Å². The van der Waals surface area contributed by atoms with Gasteiger partial charge >= 0.3 is 0 Å². The summed E-state index contributed by atoms with van der Waals surface area (Å²) >= 11 is 8.61. The number of thiol groups is 1. The van der Waals surface area contributed by atoms with E-state index >= 15 is 0 Å². The van der Waals surface area contributed by atoms with Gasteiger partial charge in [0.05, 0.1) is 15.4 Å². The van der Waals surface area contributed by atoms with Crippen LogP contribution in [0.15, 0.2) is 39.2 Å². The maximum Gasteiger partial charge on any atom is 0.0949 e. The highest BCUT2D eigenvalue weighted by molar-refractivity contribution is 8.03. The molecule has 0 N–H and O–H groups in total. The van der Waals surface area contributed by atoms with Gasteiger partial charge in [-0.15, -0.1) is 36.2 Å². The third-order valence-corrected chi connectivity index (χ3v) is 5.70. The molecule has 110 valence electrons. The standard InChI is InChI=1S/C16H23NS3/c1-15(2,3)19-13-12(18)11-9-7-8-10-17(11)14(13)20-16(4,5)6/h7-10,18H,1-6H3. The highest BCUT2D eigenvalue weighted by atomic mass is 32.2. The summed E-state index contributed by atoms with van der Waals surface area (Å²) < 4.78 is 2.62. The van der Waals surface area contributed by atoms with Gasteiger partial charge in [0.1, 0.15) is 0 Å². The number of aromatic nitrogens is 1. The Balaban J connectivity index is 2.64. The molecule has 0 spiro atoms. The Bertz CT molecular complexity index is 615. The van der Waals surface area contributed by atoms with Gasteiger partial charge < -0.3 is 4.40 Å². The van der Waals surface area contributed by atoms with E-state index in [2.05, 4.69) is 70.3 Å². The molecule has 0 unspecified atom stereocenters. The SMILES string of the molecule is CC(C)(C)Sc1c(S)c2ccccn2c1SC(C)(C)C. The quantitative estimate of drug-likeness (QED) is 0.532. The van der Waals surface area contributed by atoms with Crippen molar-refractivity contribution in [2.24, 2.45) is 0 Å². The number of fused-ring (bicyclic) bond motifs is 1. The Morgan fingerprint density at radius 1 is 0.950 bits per heavy atom. The normalized spacial score (nSPS) is 13.2. The molecular weight excluding hydrogens is 302 g/mol. The van der Waals surface area contributed by atoms with E-state index in [1.54, 1.807) is 0 Å². The largest absolute Gasteiger partial charge is 0.310 e. The van der Waals surface area contributed by atoms with Gasteiger partial charge in [-0.2, -0.15) is 0 Å². The first kappa shape index (κ1) is 16.2. The van der Waals surface area contributed by atoms with Crippen LogP contribution in [0, 0.1) is 0 Å². The molecule has 0 atom stereocenters. The average Bonchev–Trinajstić information content (AvgIpc) is 2.52. The molecule has 1 nitrogen and oxygen atoms in total. The minimum Gasteiger partial charge on any atom is -0.310 e. The van der Waals surface area contributed by atoms with Crippen molar-refractivity contribution in [2.45, 2.75) is 65.9 Å². The lowest BCUT2D eigenvalue weighted by Gasteiger charge is -2.22. The molecule has 0 amide bonds. The molecule has 2 rings (SSSR count). The van der Waals surface area contributed by atoms with Crippen molar-refractivity contribution < 1.29 is 0 Å². The van der Waals surface area contributed by atoms with E-state index in [-0.39, 0.29) is 9.49 Å². The first-order valence-electron chi connectivity index (χ1n) is 6.78. The first-order valence-corrected chi connectivity index (χ1v) is 8.86. The van der Waals surface area contributed by atoms with Crippen LogP contribution in [-0.2, 0) is 0 Å². The molecule has 0 fully saturated rings. The number of nitrogens with zero attached hydrogens (tertiary/aromatic N) is 1. The van der Waals surface area contributed by atoms with E-state index in [1.165, 1.54) is 15.4 Å². The molecule has 2 heterocycles. The van der Waals surface area contributed by atoms with E-state index in [1.807, 2.05) is 23.5 Å². The van der Waals surface area contributed by atoms with Crippen LogP contribution in [0.1, 0.15) is 41.5 Å². The minimum atomic E-state index is 0.176. The molecule has 0 aliphatic rings. The van der Waals surface area contributed by atoms with Gasteiger partial charge in [0, 0.05) is 20.6 Å². The fourth-order valence-corrected chi connectivity index (χ4v) is 4.71. The second kappa shape index (κ2) is 5.54. The van der Waals surface area contributed by atoms with Crippen LogP contribution >= 0.6 is 36.2 Å². The van der Waals surface area contributed by atoms with Crippen molar-refractivity contribution in [3.05, 3.63) is 24.4 Å². The van der Waals surface area contributed by atoms with Gasteiger partial charge in [-0.3, -0.25) is 0 Å². The second-order valence-corrected chi connectivity index (χ2v) is 11.0. The Labute approximate surface area is 136 Å². The van der Waals surface area contributed by atoms with Crippen LogP contribution in [-0.4, -0.2) is 13.9 Å². The molecular formula is C16H23NS3. The Morgan fingerprint density at radius 2 is 1.55 bits per heavy atom. The molecule has 0 bridgehead atoms. The number of thioether (sulfide) groups is 2. The van der Waals surface area contributed by atoms with E-state index in [9.17, 15) is 0 Å². The van der Waals surface area contributed by atoms with Crippen molar-refractivity contribution in [2.75, 3.05) is 0 Å². The predicted octanol–water partition coefficient (Wildman–Crippen LogP) is 6.01. The number of pyridine rings is 1. The van der Waals surface area contributed by atoms with Gasteiger partial charge in [-0.1, -0.05) is 47.6 Å². The summed E-state index contributed by atoms with van der Waals surface area (Å²) in [5.41, 5.74) is 1.19. The van der Waals surface area contributed by atoms with Gasteiger partial charge in [0.2, 0.25) is 0 Å². The van der Waals surface area contributed by atoms with Crippen molar-refractivity contribution in [1.29, 1.82) is 0 Å². The smallest absolute Gasteiger partial charge is 0.0949 e. The van der Waals surface area contributed by atoms with Crippen molar-refractivity contribution in [3.63, 3.8) is 0 Å². The van der Waals surface area contributed by atoms with Crippen molar-refractivity contribution >= 4 is 41.7 Å². The van der Waals surface area contributed by atoms with Crippen LogP contribution in [0.5, 0.6) is 0 Å². The number of hydrogen-bond acceptors (Lipinski definition) is 3. The summed E-state index contributed by atoms with van der Waals surface area (Å²) in [7, 11) is 0. The molecule has 2 aromatic heterocycles. The zero-order chi connectivity index (χ0) is 15.1. The summed E-state index contributed by atoms with van der Waals surface area (Å²) in [6, 6.07) is 6.30. The molecule has 0 saturated heterocycles. The third-order valence-electron chi connectivity index (χ3n) is 2.54. The zero-order valence-electron chi connectivity index (χ0n) is 13.0. The van der Waals surface area contributed by atoms with Crippen molar-refractivity contribution in [3.8, 4) is 0 Å². The van der Waals surface area contributed by atoms with E-state index in [0.717, 1.165) is 4.90 Å². The van der Waals surface area contributed by atoms with Gasteiger partial charge in [-0.25, -0.2) is 0 Å². The molecule has 4 heteroatoms. The lowest BCUT2D eigenvalue weighted by Crippen LogP contribution is -2.10. The number of hydrogen-bond donors (Lipinski definition) is 1. The molecule has 0 radical (unpaired) electrons. The lowest BCUT2D eigenvalue weighted by molar-refractivity contribution is 0.786. The van der Waals surface area contributed by atoms with Gasteiger partial charge in [0.25, 0.3) is 0 Å². The summed E-state index contributed by atoms with van der Waals surface area (Å²) in [5.74, 6) is 0. The Hall–Kier alpha value is -0.190. The monoisotopic (exact) mass is 325 g/mol. The first-order chi connectivity index (χ1) is 9.08. The van der Waals surface area contributed by atoms with Crippen LogP contribution < -0.4 is 0 Å². The highest BCUT2D eigenvalue weighted by Gasteiger charge is 2.25. The summed E-state index contributed by atoms with van der Waals surface area (Å²) in [5, 5.41) is 1.30. The molecule has 0 saturated carbocycles. The van der Waals surface area contributed by atoms with Crippen LogP contribution in [0.25, 0.3) is 5.52 Å². The molecule has 0 aliphatic heterocycles. The van der Waals surface area contributed by atoms with E-state index in [0.29, 0.717) is 0 Å². The Morgan fingerprint density at radius 3 is 2.10 bits per heavy atom. The predicted molar refractivity (Wildman–Crippen MR) is 95.9 cm³/mol. The summed E-state index contributed by atoms with van der Waals surface area (Å²) in [6.07, 6.45) is 2.13. The minimum absolute atomic E-state index is 0.176. The van der Waals surface area contributed by atoms with E-state index < -0.39 is 0 Å². The zero-order valence-corrected chi connectivity index (χ0v) is 15.5. The summed E-state index contributed by atoms with van der Waals surface area (Å²) in [4.78, 5) is 2.39. The topological polar surface area (TPSA) is 4.41 Å². The number of rotatable bonds is 2. The fourth-order valence-electron chi connectivity index (χ4n) is 1.92. The van der Waals surface area contributed by atoms with Gasteiger partial charge in [0.15, 0.2) is 0 Å². The maximum atomic E-state index is 4.79. The lowest BCUT2D eigenvalue weighted by atomic mass is 10.3. The van der Waals surface area contributed by atoms with Crippen LogP contribution in [0.3, 0.4) is 0 Å².